The third-order valence-corrected chi connectivity index (χ3v) is 2.47. The molecular formula is C11H11NO3. The van der Waals surface area contributed by atoms with Gasteiger partial charge in [0.15, 0.2) is 11.6 Å². The number of nitrogens with zero attached hydrogens (tertiary/aromatic N) is 1. The van der Waals surface area contributed by atoms with Gasteiger partial charge in [-0.2, -0.15) is 0 Å². The SMILES string of the molecule is COC1=NC(C(=O)O)=C2C=CC=CC2C1. The maximum atomic E-state index is 11.0. The van der Waals surface area contributed by atoms with Gasteiger partial charge in [0, 0.05) is 12.3 Å². The standard InChI is InChI=1S/C11H11NO3/c1-15-9-6-7-4-2-3-5-8(7)10(12-9)11(13)14/h2-5,7H,6H2,1H3,(H,13,14). The molecule has 0 saturated carbocycles. The predicted octanol–water partition coefficient (Wildman–Crippen LogP) is 1.52. The van der Waals surface area contributed by atoms with Crippen LogP contribution < -0.4 is 0 Å². The van der Waals surface area contributed by atoms with E-state index in [0.29, 0.717) is 12.3 Å². The molecule has 1 unspecified atom stereocenters. The van der Waals surface area contributed by atoms with Crippen LogP contribution in [0.4, 0.5) is 0 Å². The number of rotatable bonds is 1. The third-order valence-electron chi connectivity index (χ3n) is 2.47. The van der Waals surface area contributed by atoms with E-state index in [0.717, 1.165) is 5.57 Å². The molecule has 15 heavy (non-hydrogen) atoms. The Morgan fingerprint density at radius 1 is 1.60 bits per heavy atom. The van der Waals surface area contributed by atoms with Crippen LogP contribution in [0.2, 0.25) is 0 Å². The van der Waals surface area contributed by atoms with Crippen LogP contribution >= 0.6 is 0 Å². The maximum absolute atomic E-state index is 11.0. The molecule has 1 heterocycles. The summed E-state index contributed by atoms with van der Waals surface area (Å²) >= 11 is 0. The van der Waals surface area contributed by atoms with Crippen molar-refractivity contribution in [2.75, 3.05) is 7.11 Å². The van der Waals surface area contributed by atoms with Crippen LogP contribution in [-0.4, -0.2) is 24.1 Å². The minimum absolute atomic E-state index is 0.0774. The van der Waals surface area contributed by atoms with Crippen molar-refractivity contribution in [1.29, 1.82) is 0 Å². The van der Waals surface area contributed by atoms with Gasteiger partial charge in [-0.3, -0.25) is 0 Å². The highest BCUT2D eigenvalue weighted by atomic mass is 16.5. The molecule has 0 aromatic rings. The second kappa shape index (κ2) is 3.73. The number of aliphatic imine (C=N–C) groups is 1. The topological polar surface area (TPSA) is 58.9 Å². The Hall–Kier alpha value is -1.84. The zero-order valence-electron chi connectivity index (χ0n) is 8.30. The molecule has 78 valence electrons. The molecule has 0 fully saturated rings. The number of hydrogen-bond acceptors (Lipinski definition) is 3. The predicted molar refractivity (Wildman–Crippen MR) is 55.5 cm³/mol. The highest BCUT2D eigenvalue weighted by molar-refractivity contribution is 5.94. The molecule has 2 aliphatic rings. The zero-order valence-corrected chi connectivity index (χ0v) is 8.30. The number of hydrogen-bond donors (Lipinski definition) is 1. The molecule has 1 atom stereocenters. The van der Waals surface area contributed by atoms with Gasteiger partial charge in [0.1, 0.15) is 0 Å². The van der Waals surface area contributed by atoms with E-state index in [1.807, 2.05) is 18.2 Å². The summed E-state index contributed by atoms with van der Waals surface area (Å²) in [6, 6.07) is 0. The molecule has 1 aliphatic heterocycles. The minimum Gasteiger partial charge on any atom is -0.484 e. The summed E-state index contributed by atoms with van der Waals surface area (Å²) in [6.07, 6.45) is 8.12. The largest absolute Gasteiger partial charge is 0.484 e. The number of allylic oxidation sites excluding steroid dienone is 5. The lowest BCUT2D eigenvalue weighted by molar-refractivity contribution is -0.132. The summed E-state index contributed by atoms with van der Waals surface area (Å²) < 4.78 is 5.02. The fourth-order valence-electron chi connectivity index (χ4n) is 1.74. The van der Waals surface area contributed by atoms with Gasteiger partial charge in [-0.15, -0.1) is 0 Å². The van der Waals surface area contributed by atoms with Crippen LogP contribution in [0, 0.1) is 5.92 Å². The lowest BCUT2D eigenvalue weighted by atomic mass is 9.88. The minimum atomic E-state index is -1.01. The highest BCUT2D eigenvalue weighted by Gasteiger charge is 2.26. The second-order valence-corrected chi connectivity index (χ2v) is 3.37. The molecule has 0 spiro atoms. The van der Waals surface area contributed by atoms with E-state index >= 15 is 0 Å². The van der Waals surface area contributed by atoms with Crippen LogP contribution in [0.25, 0.3) is 0 Å². The first kappa shape index (κ1) is 9.71. The van der Waals surface area contributed by atoms with Crippen molar-refractivity contribution in [3.8, 4) is 0 Å². The Kier molecular flexibility index (Phi) is 2.41. The Bertz CT molecular complexity index is 416. The Labute approximate surface area is 87.3 Å². The first-order valence-corrected chi connectivity index (χ1v) is 4.66. The number of carboxylic acids is 1. The van der Waals surface area contributed by atoms with Gasteiger partial charge in [0.05, 0.1) is 7.11 Å². The van der Waals surface area contributed by atoms with Gasteiger partial charge in [-0.05, 0) is 5.57 Å². The maximum Gasteiger partial charge on any atom is 0.354 e. The van der Waals surface area contributed by atoms with Gasteiger partial charge in [0.25, 0.3) is 0 Å². The van der Waals surface area contributed by atoms with Crippen molar-refractivity contribution in [3.63, 3.8) is 0 Å². The lowest BCUT2D eigenvalue weighted by Gasteiger charge is -2.22. The smallest absolute Gasteiger partial charge is 0.354 e. The fraction of sp³-hybridized carbons (Fsp3) is 0.273. The average molecular weight is 205 g/mol. The fourth-order valence-corrected chi connectivity index (χ4v) is 1.74. The monoisotopic (exact) mass is 205 g/mol. The van der Waals surface area contributed by atoms with Crippen molar-refractivity contribution in [1.82, 2.24) is 0 Å². The molecule has 0 aromatic heterocycles. The second-order valence-electron chi connectivity index (χ2n) is 3.37. The van der Waals surface area contributed by atoms with E-state index in [-0.39, 0.29) is 11.6 Å². The summed E-state index contributed by atoms with van der Waals surface area (Å²) in [5.41, 5.74) is 0.842. The molecule has 0 amide bonds. The van der Waals surface area contributed by atoms with Crippen LogP contribution in [-0.2, 0) is 9.53 Å². The molecule has 4 nitrogen and oxygen atoms in total. The Balaban J connectivity index is 2.47. The lowest BCUT2D eigenvalue weighted by Crippen LogP contribution is -2.20. The first-order chi connectivity index (χ1) is 7.22. The number of carbonyl (C=O) groups is 1. The van der Waals surface area contributed by atoms with Gasteiger partial charge < -0.3 is 9.84 Å². The van der Waals surface area contributed by atoms with E-state index in [9.17, 15) is 4.79 Å². The Morgan fingerprint density at radius 3 is 3.07 bits per heavy atom. The molecule has 0 bridgehead atoms. The molecule has 1 N–H and O–H groups in total. The summed E-state index contributed by atoms with van der Waals surface area (Å²) in [5, 5.41) is 9.01. The van der Waals surface area contributed by atoms with Gasteiger partial charge >= 0.3 is 5.97 Å². The molecule has 2 rings (SSSR count). The molecule has 1 aliphatic carbocycles. The molecule has 0 saturated heterocycles. The number of ether oxygens (including phenoxy) is 1. The van der Waals surface area contributed by atoms with E-state index in [1.165, 1.54) is 7.11 Å². The van der Waals surface area contributed by atoms with E-state index < -0.39 is 5.97 Å². The number of aliphatic carboxylic acids is 1. The first-order valence-electron chi connectivity index (χ1n) is 4.66. The molecule has 4 heteroatoms. The van der Waals surface area contributed by atoms with Gasteiger partial charge in [0.2, 0.25) is 0 Å². The molecular weight excluding hydrogens is 194 g/mol. The van der Waals surface area contributed by atoms with E-state index in [4.69, 9.17) is 9.84 Å². The summed E-state index contributed by atoms with van der Waals surface area (Å²) in [7, 11) is 1.51. The summed E-state index contributed by atoms with van der Waals surface area (Å²) in [5.74, 6) is -0.459. The number of methoxy groups -OCH3 is 1. The quantitative estimate of drug-likeness (QED) is 0.706. The van der Waals surface area contributed by atoms with Crippen LogP contribution in [0.15, 0.2) is 40.6 Å². The van der Waals surface area contributed by atoms with Crippen LogP contribution in [0.5, 0.6) is 0 Å². The Morgan fingerprint density at radius 2 is 2.40 bits per heavy atom. The van der Waals surface area contributed by atoms with Crippen LogP contribution in [0.1, 0.15) is 6.42 Å². The van der Waals surface area contributed by atoms with Crippen LogP contribution in [0.3, 0.4) is 0 Å². The number of carboxylic acid groups (broad SMARTS) is 1. The summed E-state index contributed by atoms with van der Waals surface area (Å²) in [6.45, 7) is 0. The normalized spacial score (nSPS) is 23.5. The van der Waals surface area contributed by atoms with Crippen molar-refractivity contribution in [3.05, 3.63) is 35.6 Å². The van der Waals surface area contributed by atoms with E-state index in [1.54, 1.807) is 6.08 Å². The van der Waals surface area contributed by atoms with Crippen molar-refractivity contribution < 1.29 is 14.6 Å². The van der Waals surface area contributed by atoms with Gasteiger partial charge in [-0.1, -0.05) is 24.3 Å². The highest BCUT2D eigenvalue weighted by Crippen LogP contribution is 2.30. The molecule has 0 radical (unpaired) electrons. The molecule has 0 aromatic carbocycles. The average Bonchev–Trinajstić information content (AvgIpc) is 2.27. The van der Waals surface area contributed by atoms with Crippen molar-refractivity contribution in [2.45, 2.75) is 6.42 Å². The van der Waals surface area contributed by atoms with E-state index in [2.05, 4.69) is 4.99 Å². The van der Waals surface area contributed by atoms with Gasteiger partial charge in [-0.25, -0.2) is 9.79 Å². The summed E-state index contributed by atoms with van der Waals surface area (Å²) in [4.78, 5) is 15.0. The zero-order chi connectivity index (χ0) is 10.8. The van der Waals surface area contributed by atoms with Crippen molar-refractivity contribution in [2.24, 2.45) is 10.9 Å². The van der Waals surface area contributed by atoms with Crippen molar-refractivity contribution >= 4 is 11.9 Å². The number of fused-ring (bicyclic) bond motifs is 1. The third kappa shape index (κ3) is 1.70.